The topological polar surface area (TPSA) is 83.0 Å². The van der Waals surface area contributed by atoms with Crippen molar-refractivity contribution in [2.75, 3.05) is 0 Å². The zero-order chi connectivity index (χ0) is 14.6. The van der Waals surface area contributed by atoms with Gasteiger partial charge in [-0.1, -0.05) is 13.8 Å². The maximum Gasteiger partial charge on any atom is 0.323 e. The van der Waals surface area contributed by atoms with Crippen LogP contribution in [0.3, 0.4) is 0 Å². The van der Waals surface area contributed by atoms with Crippen LogP contribution in [0.25, 0.3) is 0 Å². The monoisotopic (exact) mass is 268 g/mol. The van der Waals surface area contributed by atoms with Crippen LogP contribution in [0.5, 0.6) is 0 Å². The molecule has 6 nitrogen and oxygen atoms in total. The van der Waals surface area contributed by atoms with Gasteiger partial charge in [0.2, 0.25) is 0 Å². The Hall–Kier alpha value is -1.43. The molecule has 1 rings (SSSR count). The molecule has 19 heavy (non-hydrogen) atoms. The molecule has 0 aliphatic heterocycles. The lowest BCUT2D eigenvalue weighted by Crippen LogP contribution is -2.39. The van der Waals surface area contributed by atoms with Crippen molar-refractivity contribution in [3.8, 4) is 0 Å². The van der Waals surface area contributed by atoms with Crippen molar-refractivity contribution < 1.29 is 9.53 Å². The normalized spacial score (nSPS) is 13.6. The van der Waals surface area contributed by atoms with Gasteiger partial charge in [0, 0.05) is 13.0 Å². The molecule has 0 saturated heterocycles. The third kappa shape index (κ3) is 5.38. The quantitative estimate of drug-likeness (QED) is 0.810. The Kier molecular flexibility index (Phi) is 5.05. The van der Waals surface area contributed by atoms with Crippen LogP contribution in [0.15, 0.2) is 6.33 Å². The molecule has 1 unspecified atom stereocenters. The van der Waals surface area contributed by atoms with Gasteiger partial charge in [-0.25, -0.2) is 9.67 Å². The van der Waals surface area contributed by atoms with E-state index < -0.39 is 17.6 Å². The van der Waals surface area contributed by atoms with Gasteiger partial charge in [0.25, 0.3) is 0 Å². The van der Waals surface area contributed by atoms with E-state index in [9.17, 15) is 4.79 Å². The number of ether oxygens (including phenoxy) is 1. The second-order valence-electron chi connectivity index (χ2n) is 6.10. The lowest BCUT2D eigenvalue weighted by atomic mass is 10.1. The molecule has 0 aliphatic carbocycles. The summed E-state index contributed by atoms with van der Waals surface area (Å²) in [5.41, 5.74) is 5.33. The number of rotatable bonds is 5. The van der Waals surface area contributed by atoms with Crippen LogP contribution in [0, 0.1) is 5.92 Å². The minimum Gasteiger partial charge on any atom is -0.459 e. The fourth-order valence-electron chi connectivity index (χ4n) is 1.60. The van der Waals surface area contributed by atoms with Crippen molar-refractivity contribution in [1.82, 2.24) is 14.8 Å². The first-order chi connectivity index (χ1) is 8.69. The molecule has 0 fully saturated rings. The van der Waals surface area contributed by atoms with E-state index in [4.69, 9.17) is 10.5 Å². The van der Waals surface area contributed by atoms with Crippen molar-refractivity contribution in [3.05, 3.63) is 12.2 Å². The summed E-state index contributed by atoms with van der Waals surface area (Å²) in [7, 11) is 0. The van der Waals surface area contributed by atoms with Crippen LogP contribution in [0.1, 0.15) is 40.4 Å². The maximum absolute atomic E-state index is 11.8. The molecular weight excluding hydrogens is 244 g/mol. The Morgan fingerprint density at radius 1 is 1.47 bits per heavy atom. The summed E-state index contributed by atoms with van der Waals surface area (Å²) < 4.78 is 7.03. The van der Waals surface area contributed by atoms with Crippen LogP contribution in [-0.4, -0.2) is 32.4 Å². The number of hydrogen-bond donors (Lipinski definition) is 1. The number of carbonyl (C=O) groups is 1. The molecule has 2 N–H and O–H groups in total. The van der Waals surface area contributed by atoms with E-state index in [1.165, 1.54) is 6.33 Å². The van der Waals surface area contributed by atoms with Gasteiger partial charge in [-0.2, -0.15) is 5.10 Å². The van der Waals surface area contributed by atoms with E-state index in [0.29, 0.717) is 18.2 Å². The van der Waals surface area contributed by atoms with E-state index in [1.54, 1.807) is 4.68 Å². The summed E-state index contributed by atoms with van der Waals surface area (Å²) in [6, 6.07) is -0.714. The molecule has 0 radical (unpaired) electrons. The van der Waals surface area contributed by atoms with Gasteiger partial charge in [-0.3, -0.25) is 4.79 Å². The Labute approximate surface area is 114 Å². The van der Waals surface area contributed by atoms with Gasteiger partial charge in [-0.15, -0.1) is 0 Å². The van der Waals surface area contributed by atoms with E-state index in [2.05, 4.69) is 23.9 Å². The number of nitrogens with zero attached hydrogens (tertiary/aromatic N) is 3. The Morgan fingerprint density at radius 2 is 2.11 bits per heavy atom. The number of aromatic nitrogens is 3. The fourth-order valence-corrected chi connectivity index (χ4v) is 1.60. The average molecular weight is 268 g/mol. The molecule has 0 spiro atoms. The lowest BCUT2D eigenvalue weighted by Gasteiger charge is -2.22. The minimum atomic E-state index is -0.714. The minimum absolute atomic E-state index is 0.335. The highest BCUT2D eigenvalue weighted by Gasteiger charge is 2.24. The first kappa shape index (κ1) is 15.6. The van der Waals surface area contributed by atoms with Crippen molar-refractivity contribution >= 4 is 5.97 Å². The van der Waals surface area contributed by atoms with E-state index in [0.717, 1.165) is 6.54 Å². The summed E-state index contributed by atoms with van der Waals surface area (Å²) >= 11 is 0. The van der Waals surface area contributed by atoms with Crippen LogP contribution in [-0.2, 0) is 22.5 Å². The molecule has 108 valence electrons. The molecule has 1 atom stereocenters. The fraction of sp³-hybridized carbons (Fsp3) is 0.769. The molecule has 0 saturated carbocycles. The molecule has 0 amide bonds. The van der Waals surface area contributed by atoms with Crippen molar-refractivity contribution in [1.29, 1.82) is 0 Å². The number of esters is 1. The molecule has 6 heteroatoms. The Bertz CT molecular complexity index is 421. The summed E-state index contributed by atoms with van der Waals surface area (Å²) in [6.07, 6.45) is 1.82. The molecular formula is C13H24N4O2. The van der Waals surface area contributed by atoms with Gasteiger partial charge in [0.1, 0.15) is 23.8 Å². The van der Waals surface area contributed by atoms with Gasteiger partial charge < -0.3 is 10.5 Å². The molecule has 0 aliphatic rings. The van der Waals surface area contributed by atoms with E-state index in [1.807, 2.05) is 20.8 Å². The van der Waals surface area contributed by atoms with Gasteiger partial charge in [0.05, 0.1) is 0 Å². The zero-order valence-electron chi connectivity index (χ0n) is 12.4. The molecule has 0 bridgehead atoms. The first-order valence-electron chi connectivity index (χ1n) is 6.54. The van der Waals surface area contributed by atoms with Crippen LogP contribution in [0.2, 0.25) is 0 Å². The van der Waals surface area contributed by atoms with E-state index in [-0.39, 0.29) is 0 Å². The smallest absolute Gasteiger partial charge is 0.323 e. The van der Waals surface area contributed by atoms with Crippen molar-refractivity contribution in [2.24, 2.45) is 11.7 Å². The van der Waals surface area contributed by atoms with Crippen LogP contribution < -0.4 is 5.73 Å². The van der Waals surface area contributed by atoms with Crippen molar-refractivity contribution in [3.63, 3.8) is 0 Å². The Balaban J connectivity index is 2.64. The molecule has 1 aromatic rings. The maximum atomic E-state index is 11.8. The largest absolute Gasteiger partial charge is 0.459 e. The zero-order valence-corrected chi connectivity index (χ0v) is 12.4. The average Bonchev–Trinajstić information content (AvgIpc) is 2.62. The molecule has 1 aromatic heterocycles. The molecule has 0 aromatic carbocycles. The second-order valence-corrected chi connectivity index (χ2v) is 6.10. The summed E-state index contributed by atoms with van der Waals surface area (Å²) in [5.74, 6) is 0.761. The van der Waals surface area contributed by atoms with Crippen LogP contribution in [0.4, 0.5) is 0 Å². The van der Waals surface area contributed by atoms with Crippen LogP contribution >= 0.6 is 0 Å². The summed E-state index contributed by atoms with van der Waals surface area (Å²) in [5, 5.41) is 4.14. The highest BCUT2D eigenvalue weighted by atomic mass is 16.6. The van der Waals surface area contributed by atoms with Gasteiger partial charge in [-0.05, 0) is 26.7 Å². The van der Waals surface area contributed by atoms with Crippen molar-refractivity contribution in [2.45, 2.75) is 59.2 Å². The van der Waals surface area contributed by atoms with Gasteiger partial charge >= 0.3 is 5.97 Å². The SMILES string of the molecule is CC(C)Cn1ncnc1CC(N)C(=O)OC(C)(C)C. The predicted octanol–water partition coefficient (Wildman–Crippen LogP) is 1.15. The third-order valence-electron chi connectivity index (χ3n) is 2.35. The number of hydrogen-bond acceptors (Lipinski definition) is 5. The molecule has 1 heterocycles. The number of nitrogens with two attached hydrogens (primary N) is 1. The van der Waals surface area contributed by atoms with E-state index >= 15 is 0 Å². The highest BCUT2D eigenvalue weighted by molar-refractivity contribution is 5.76. The lowest BCUT2D eigenvalue weighted by molar-refractivity contribution is -0.156. The standard InChI is InChI=1S/C13H24N4O2/c1-9(2)7-17-11(15-8-16-17)6-10(14)12(18)19-13(3,4)5/h8-10H,6-7,14H2,1-5H3. The number of carbonyl (C=O) groups excluding carboxylic acids is 1. The summed E-state index contributed by atoms with van der Waals surface area (Å²) in [4.78, 5) is 16.0. The first-order valence-corrected chi connectivity index (χ1v) is 6.54. The highest BCUT2D eigenvalue weighted by Crippen LogP contribution is 2.10. The third-order valence-corrected chi connectivity index (χ3v) is 2.35. The second kappa shape index (κ2) is 6.14. The van der Waals surface area contributed by atoms with Gasteiger partial charge in [0.15, 0.2) is 0 Å². The predicted molar refractivity (Wildman–Crippen MR) is 72.4 cm³/mol. The Morgan fingerprint density at radius 3 is 2.63 bits per heavy atom. The summed E-state index contributed by atoms with van der Waals surface area (Å²) in [6.45, 7) is 10.4.